The summed E-state index contributed by atoms with van der Waals surface area (Å²) < 4.78 is 15.9. The van der Waals surface area contributed by atoms with Gasteiger partial charge in [0.1, 0.15) is 5.75 Å². The molecule has 0 saturated carbocycles. The number of furan rings is 1. The fourth-order valence-corrected chi connectivity index (χ4v) is 2.75. The number of carbonyl (C=O) groups is 1. The Bertz CT molecular complexity index is 931. The molecule has 0 aliphatic rings. The molecule has 0 fully saturated rings. The Kier molecular flexibility index (Phi) is 4.84. The van der Waals surface area contributed by atoms with Crippen LogP contribution in [0.25, 0.3) is 22.5 Å². The van der Waals surface area contributed by atoms with Crippen LogP contribution in [0.1, 0.15) is 10.4 Å². The Balaban J connectivity index is 2.21. The highest BCUT2D eigenvalue weighted by molar-refractivity contribution is 5.94. The maximum atomic E-state index is 12.0. The van der Waals surface area contributed by atoms with Crippen LogP contribution in [0.5, 0.6) is 11.5 Å². The Morgan fingerprint density at radius 3 is 2.42 bits per heavy atom. The molecular formula is C20H19NO5. The number of hydrogen-bond acceptors (Lipinski definition) is 6. The molecule has 134 valence electrons. The molecule has 0 bridgehead atoms. The number of anilines is 1. The van der Waals surface area contributed by atoms with Gasteiger partial charge in [0.15, 0.2) is 11.5 Å². The van der Waals surface area contributed by atoms with Gasteiger partial charge in [-0.2, -0.15) is 0 Å². The van der Waals surface area contributed by atoms with Gasteiger partial charge < -0.3 is 24.3 Å². The number of methoxy groups -OCH3 is 2. The monoisotopic (exact) mass is 353 g/mol. The molecule has 0 saturated heterocycles. The summed E-state index contributed by atoms with van der Waals surface area (Å²) in [6, 6.07) is 14.2. The van der Waals surface area contributed by atoms with E-state index < -0.39 is 5.97 Å². The van der Waals surface area contributed by atoms with E-state index in [0.29, 0.717) is 34.1 Å². The second-order valence-corrected chi connectivity index (χ2v) is 5.54. The van der Waals surface area contributed by atoms with Crippen molar-refractivity contribution in [3.63, 3.8) is 0 Å². The Morgan fingerprint density at radius 2 is 1.81 bits per heavy atom. The van der Waals surface area contributed by atoms with E-state index in [9.17, 15) is 9.90 Å². The van der Waals surface area contributed by atoms with Crippen LogP contribution in [-0.2, 0) is 4.74 Å². The van der Waals surface area contributed by atoms with Crippen molar-refractivity contribution in [2.45, 2.75) is 0 Å². The van der Waals surface area contributed by atoms with Crippen LogP contribution in [-0.4, -0.2) is 32.3 Å². The zero-order chi connectivity index (χ0) is 18.7. The zero-order valence-electron chi connectivity index (χ0n) is 14.7. The van der Waals surface area contributed by atoms with Gasteiger partial charge in [-0.3, -0.25) is 0 Å². The molecule has 3 rings (SSSR count). The van der Waals surface area contributed by atoms with Crippen LogP contribution < -0.4 is 10.1 Å². The molecule has 0 radical (unpaired) electrons. The van der Waals surface area contributed by atoms with Crippen LogP contribution in [0.15, 0.2) is 52.9 Å². The van der Waals surface area contributed by atoms with Gasteiger partial charge in [-0.05, 0) is 23.8 Å². The predicted molar refractivity (Wildman–Crippen MR) is 98.7 cm³/mol. The number of esters is 1. The quantitative estimate of drug-likeness (QED) is 0.671. The summed E-state index contributed by atoms with van der Waals surface area (Å²) in [6.45, 7) is 0. The van der Waals surface area contributed by atoms with Crippen molar-refractivity contribution in [3.05, 3.63) is 54.1 Å². The number of rotatable bonds is 5. The van der Waals surface area contributed by atoms with E-state index in [0.717, 1.165) is 5.56 Å². The molecular weight excluding hydrogens is 334 g/mol. The number of benzene rings is 2. The summed E-state index contributed by atoms with van der Waals surface area (Å²) >= 11 is 0. The summed E-state index contributed by atoms with van der Waals surface area (Å²) in [5, 5.41) is 13.7. The van der Waals surface area contributed by atoms with Gasteiger partial charge in [-0.1, -0.05) is 30.3 Å². The molecule has 0 unspecified atom stereocenters. The lowest BCUT2D eigenvalue weighted by molar-refractivity contribution is 0.0600. The first kappa shape index (κ1) is 17.4. The van der Waals surface area contributed by atoms with E-state index >= 15 is 0 Å². The number of aromatic hydroxyl groups is 1. The average molecular weight is 353 g/mol. The van der Waals surface area contributed by atoms with Crippen LogP contribution >= 0.6 is 0 Å². The molecule has 0 aliphatic carbocycles. The lowest BCUT2D eigenvalue weighted by Crippen LogP contribution is -2.02. The normalized spacial score (nSPS) is 10.4. The van der Waals surface area contributed by atoms with Gasteiger partial charge in [-0.15, -0.1) is 0 Å². The summed E-state index contributed by atoms with van der Waals surface area (Å²) in [4.78, 5) is 12.0. The molecule has 0 aliphatic heterocycles. The first-order valence-electron chi connectivity index (χ1n) is 7.95. The van der Waals surface area contributed by atoms with Crippen LogP contribution in [0.4, 0.5) is 5.88 Å². The second kappa shape index (κ2) is 7.23. The molecule has 1 aromatic heterocycles. The van der Waals surface area contributed by atoms with Gasteiger partial charge >= 0.3 is 5.97 Å². The van der Waals surface area contributed by atoms with Crippen molar-refractivity contribution in [1.82, 2.24) is 0 Å². The highest BCUT2D eigenvalue weighted by atomic mass is 16.5. The van der Waals surface area contributed by atoms with Gasteiger partial charge in [0.05, 0.1) is 25.3 Å². The molecule has 2 aromatic carbocycles. The smallest absolute Gasteiger partial charge is 0.338 e. The molecule has 0 amide bonds. The molecule has 6 nitrogen and oxygen atoms in total. The first-order valence-corrected chi connectivity index (χ1v) is 7.95. The molecule has 0 atom stereocenters. The maximum absolute atomic E-state index is 12.0. The number of carbonyl (C=O) groups excluding carboxylic acids is 1. The number of nitrogens with one attached hydrogen (secondary N) is 1. The maximum Gasteiger partial charge on any atom is 0.338 e. The van der Waals surface area contributed by atoms with E-state index in [4.69, 9.17) is 13.9 Å². The fraction of sp³-hybridized carbons (Fsp3) is 0.150. The minimum absolute atomic E-state index is 0.0235. The van der Waals surface area contributed by atoms with Crippen molar-refractivity contribution in [3.8, 4) is 33.9 Å². The Labute approximate surface area is 151 Å². The number of hydrogen-bond donors (Lipinski definition) is 2. The largest absolute Gasteiger partial charge is 0.504 e. The van der Waals surface area contributed by atoms with Gasteiger partial charge in [-0.25, -0.2) is 4.79 Å². The third-order valence-electron chi connectivity index (χ3n) is 4.00. The van der Waals surface area contributed by atoms with Crippen LogP contribution in [0.3, 0.4) is 0 Å². The Hall–Kier alpha value is -3.41. The third-order valence-corrected chi connectivity index (χ3v) is 4.00. The standard InChI is InChI=1S/C20H19NO5/c1-21-19-16(17(22)18(26-19)12-7-5-4-6-8-12)13-9-14(20(23)25-3)11-15(10-13)24-2/h4-11,21-22H,1-3H3. The molecule has 2 N–H and O–H groups in total. The van der Waals surface area contributed by atoms with Crippen molar-refractivity contribution in [2.24, 2.45) is 0 Å². The van der Waals surface area contributed by atoms with E-state index in [1.165, 1.54) is 14.2 Å². The highest BCUT2D eigenvalue weighted by Gasteiger charge is 2.23. The lowest BCUT2D eigenvalue weighted by atomic mass is 10.0. The number of ether oxygens (including phenoxy) is 2. The van der Waals surface area contributed by atoms with E-state index in [1.807, 2.05) is 30.3 Å². The second-order valence-electron chi connectivity index (χ2n) is 5.54. The summed E-state index contributed by atoms with van der Waals surface area (Å²) in [6.07, 6.45) is 0. The van der Waals surface area contributed by atoms with E-state index in [1.54, 1.807) is 25.2 Å². The molecule has 1 heterocycles. The third kappa shape index (κ3) is 3.09. The molecule has 3 aromatic rings. The van der Waals surface area contributed by atoms with Gasteiger partial charge in [0.25, 0.3) is 0 Å². The topological polar surface area (TPSA) is 80.9 Å². The summed E-state index contributed by atoms with van der Waals surface area (Å²) in [5.41, 5.74) is 2.06. The van der Waals surface area contributed by atoms with E-state index in [-0.39, 0.29) is 5.75 Å². The molecule has 6 heteroatoms. The predicted octanol–water partition coefficient (Wildman–Crippen LogP) is 4.16. The van der Waals surface area contributed by atoms with Gasteiger partial charge in [0.2, 0.25) is 5.88 Å². The summed E-state index contributed by atoms with van der Waals surface area (Å²) in [5.74, 6) is 0.664. The molecule has 26 heavy (non-hydrogen) atoms. The van der Waals surface area contributed by atoms with Crippen molar-refractivity contribution in [2.75, 3.05) is 26.6 Å². The van der Waals surface area contributed by atoms with Crippen LogP contribution in [0.2, 0.25) is 0 Å². The van der Waals surface area contributed by atoms with Crippen LogP contribution in [0, 0.1) is 0 Å². The van der Waals surface area contributed by atoms with Crippen molar-refractivity contribution >= 4 is 11.9 Å². The minimum Gasteiger partial charge on any atom is -0.504 e. The Morgan fingerprint density at radius 1 is 1.08 bits per heavy atom. The highest BCUT2D eigenvalue weighted by Crippen LogP contribution is 2.46. The fourth-order valence-electron chi connectivity index (χ4n) is 2.75. The SMILES string of the molecule is CNc1oc(-c2ccccc2)c(O)c1-c1cc(OC)cc(C(=O)OC)c1. The minimum atomic E-state index is -0.498. The van der Waals surface area contributed by atoms with Crippen molar-refractivity contribution in [1.29, 1.82) is 0 Å². The summed E-state index contributed by atoms with van der Waals surface area (Å²) in [7, 11) is 4.51. The zero-order valence-corrected chi connectivity index (χ0v) is 14.7. The molecule has 0 spiro atoms. The van der Waals surface area contributed by atoms with E-state index in [2.05, 4.69) is 5.32 Å². The first-order chi connectivity index (χ1) is 12.6. The van der Waals surface area contributed by atoms with Crippen molar-refractivity contribution < 1.29 is 23.8 Å². The van der Waals surface area contributed by atoms with Gasteiger partial charge in [0, 0.05) is 12.6 Å². The average Bonchev–Trinajstić information content (AvgIpc) is 3.03. The lowest BCUT2D eigenvalue weighted by Gasteiger charge is -2.08.